The monoisotopic (exact) mass is 397 g/mol. The zero-order valence-corrected chi connectivity index (χ0v) is 17.4. The van der Waals surface area contributed by atoms with Crippen LogP contribution in [0.15, 0.2) is 54.6 Å². The Morgan fingerprint density at radius 2 is 1.38 bits per heavy atom. The third-order valence-corrected chi connectivity index (χ3v) is 4.56. The molecule has 0 saturated carbocycles. The molecule has 154 valence electrons. The fourth-order valence-corrected chi connectivity index (χ4v) is 2.95. The van der Waals surface area contributed by atoms with E-state index in [4.69, 9.17) is 4.74 Å². The number of rotatable bonds is 6. The molecule has 0 aliphatic heterocycles. The Balaban J connectivity index is 2.24. The van der Waals surface area contributed by atoms with Gasteiger partial charge in [-0.05, 0) is 26.3 Å². The van der Waals surface area contributed by atoms with E-state index in [0.29, 0.717) is 16.7 Å². The largest absolute Gasteiger partial charge is 0.480 e. The van der Waals surface area contributed by atoms with Crippen LogP contribution in [0.2, 0.25) is 0 Å². The van der Waals surface area contributed by atoms with Gasteiger partial charge in [0, 0.05) is 16.5 Å². The van der Waals surface area contributed by atoms with E-state index in [1.54, 1.807) is 83.1 Å². The zero-order valence-electron chi connectivity index (χ0n) is 17.4. The molecule has 0 unspecified atom stereocenters. The van der Waals surface area contributed by atoms with E-state index in [1.165, 1.54) is 0 Å². The summed E-state index contributed by atoms with van der Waals surface area (Å²) in [5.74, 6) is -1.29. The number of aliphatic carboxylic acids is 1. The molecular formula is C23H27NO5. The highest BCUT2D eigenvalue weighted by molar-refractivity contribution is 6.08. The van der Waals surface area contributed by atoms with Crippen LogP contribution < -0.4 is 5.32 Å². The normalized spacial score (nSPS) is 12.7. The molecule has 0 fully saturated rings. The molecule has 2 aromatic rings. The van der Waals surface area contributed by atoms with Crippen molar-refractivity contribution < 1.29 is 24.2 Å². The van der Waals surface area contributed by atoms with E-state index >= 15 is 0 Å². The third-order valence-electron chi connectivity index (χ3n) is 4.56. The van der Waals surface area contributed by atoms with Gasteiger partial charge in [0.1, 0.15) is 11.6 Å². The minimum atomic E-state index is -1.21. The fourth-order valence-electron chi connectivity index (χ4n) is 2.95. The molecule has 0 aliphatic rings. The number of carbonyl (C=O) groups is 3. The number of amides is 1. The molecule has 2 aromatic carbocycles. The average Bonchev–Trinajstić information content (AvgIpc) is 2.64. The lowest BCUT2D eigenvalue weighted by Crippen LogP contribution is -2.53. The van der Waals surface area contributed by atoms with Gasteiger partial charge in [0.25, 0.3) is 0 Å². The number of nitrogens with one attached hydrogen (secondary N) is 1. The molecule has 1 amide bonds. The number of benzene rings is 2. The van der Waals surface area contributed by atoms with Crippen LogP contribution in [0, 0.1) is 0 Å². The van der Waals surface area contributed by atoms with Crippen LogP contribution in [0.3, 0.4) is 0 Å². The van der Waals surface area contributed by atoms with Crippen LogP contribution in [0.25, 0.3) is 0 Å². The highest BCUT2D eigenvalue weighted by Gasteiger charge is 2.39. The average molecular weight is 397 g/mol. The van der Waals surface area contributed by atoms with Crippen molar-refractivity contribution >= 4 is 17.8 Å². The van der Waals surface area contributed by atoms with Crippen molar-refractivity contribution in [2.24, 2.45) is 0 Å². The molecule has 0 aliphatic carbocycles. The Hall–Kier alpha value is -3.15. The Morgan fingerprint density at radius 3 is 1.86 bits per heavy atom. The van der Waals surface area contributed by atoms with Gasteiger partial charge in [-0.1, -0.05) is 68.4 Å². The lowest BCUT2D eigenvalue weighted by Gasteiger charge is -2.33. The number of ketones is 1. The van der Waals surface area contributed by atoms with Gasteiger partial charge in [0.05, 0.1) is 0 Å². The van der Waals surface area contributed by atoms with Gasteiger partial charge >= 0.3 is 12.1 Å². The molecule has 0 heterocycles. The quantitative estimate of drug-likeness (QED) is 0.714. The van der Waals surface area contributed by atoms with E-state index < -0.39 is 29.1 Å². The van der Waals surface area contributed by atoms with Crippen LogP contribution in [0.4, 0.5) is 4.79 Å². The van der Waals surface area contributed by atoms with Gasteiger partial charge in [-0.3, -0.25) is 4.79 Å². The van der Waals surface area contributed by atoms with E-state index in [0.717, 1.165) is 0 Å². The summed E-state index contributed by atoms with van der Waals surface area (Å²) in [5.41, 5.74) is 0.0659. The van der Waals surface area contributed by atoms with Crippen LogP contribution >= 0.6 is 0 Å². The third kappa shape index (κ3) is 5.67. The van der Waals surface area contributed by atoms with Crippen LogP contribution in [-0.4, -0.2) is 34.6 Å². The van der Waals surface area contributed by atoms with Crippen LogP contribution in [0.1, 0.15) is 56.1 Å². The van der Waals surface area contributed by atoms with Crippen molar-refractivity contribution in [2.45, 2.75) is 51.7 Å². The Labute approximate surface area is 170 Å². The summed E-state index contributed by atoms with van der Waals surface area (Å²) in [6.07, 6.45) is -0.797. The fraction of sp³-hybridized carbons (Fsp3) is 0.348. The van der Waals surface area contributed by atoms with Crippen LogP contribution in [-0.2, 0) is 14.9 Å². The lowest BCUT2D eigenvalue weighted by molar-refractivity contribution is -0.141. The number of carbonyl (C=O) groups excluding carboxylic acids is 2. The van der Waals surface area contributed by atoms with E-state index in [2.05, 4.69) is 5.32 Å². The number of hydrogen-bond donors (Lipinski definition) is 2. The SMILES string of the molecule is CC(C)(C)OC(=O)N[C@H](C(=O)O)C(C)(C)c1ccc(C(=O)c2ccccc2)cc1. The maximum Gasteiger partial charge on any atom is 0.408 e. The maximum atomic E-state index is 12.6. The first-order valence-corrected chi connectivity index (χ1v) is 9.34. The molecule has 6 heteroatoms. The Morgan fingerprint density at radius 1 is 0.862 bits per heavy atom. The first-order chi connectivity index (χ1) is 13.4. The molecule has 1 atom stereocenters. The maximum absolute atomic E-state index is 12.6. The molecule has 2 rings (SSSR count). The highest BCUT2D eigenvalue weighted by atomic mass is 16.6. The molecule has 2 N–H and O–H groups in total. The molecule has 0 radical (unpaired) electrons. The first-order valence-electron chi connectivity index (χ1n) is 9.34. The van der Waals surface area contributed by atoms with Crippen molar-refractivity contribution in [3.63, 3.8) is 0 Å². The smallest absolute Gasteiger partial charge is 0.408 e. The summed E-state index contributed by atoms with van der Waals surface area (Å²) in [4.78, 5) is 36.5. The molecule has 0 aromatic heterocycles. The van der Waals surface area contributed by atoms with E-state index in [1.807, 2.05) is 6.07 Å². The Kier molecular flexibility index (Phi) is 6.47. The van der Waals surface area contributed by atoms with Crippen molar-refractivity contribution in [3.05, 3.63) is 71.3 Å². The predicted molar refractivity (Wildman–Crippen MR) is 110 cm³/mol. The van der Waals surface area contributed by atoms with Crippen molar-refractivity contribution in [1.29, 1.82) is 0 Å². The van der Waals surface area contributed by atoms with Gasteiger partial charge < -0.3 is 15.2 Å². The van der Waals surface area contributed by atoms with Gasteiger partial charge in [-0.25, -0.2) is 9.59 Å². The number of hydrogen-bond acceptors (Lipinski definition) is 4. The highest BCUT2D eigenvalue weighted by Crippen LogP contribution is 2.28. The predicted octanol–water partition coefficient (Wildman–Crippen LogP) is 4.17. The summed E-state index contributed by atoms with van der Waals surface area (Å²) in [5, 5.41) is 12.1. The van der Waals surface area contributed by atoms with Crippen molar-refractivity contribution in [1.82, 2.24) is 5.32 Å². The summed E-state index contributed by atoms with van der Waals surface area (Å²) in [6.45, 7) is 8.55. The van der Waals surface area contributed by atoms with E-state index in [9.17, 15) is 19.5 Å². The molecular weight excluding hydrogens is 370 g/mol. The van der Waals surface area contributed by atoms with Gasteiger partial charge in [-0.15, -0.1) is 0 Å². The van der Waals surface area contributed by atoms with Crippen molar-refractivity contribution in [2.75, 3.05) is 0 Å². The molecule has 0 spiro atoms. The molecule has 29 heavy (non-hydrogen) atoms. The first kappa shape index (κ1) is 22.1. The summed E-state index contributed by atoms with van der Waals surface area (Å²) in [7, 11) is 0. The van der Waals surface area contributed by atoms with Crippen LogP contribution in [0.5, 0.6) is 0 Å². The van der Waals surface area contributed by atoms with Gasteiger partial charge in [-0.2, -0.15) is 0 Å². The summed E-state index contributed by atoms with van der Waals surface area (Å²) in [6, 6.07) is 14.5. The Bertz CT molecular complexity index is 880. The standard InChI is InChI=1S/C23H27NO5/c1-22(2,3)29-21(28)24-19(20(26)27)23(4,5)17-13-11-16(12-14-17)18(25)15-9-7-6-8-10-15/h6-14,19H,1-5H3,(H,24,28)(H,26,27)/t19-/m1/s1. The van der Waals surface area contributed by atoms with Crippen molar-refractivity contribution in [3.8, 4) is 0 Å². The van der Waals surface area contributed by atoms with Gasteiger partial charge in [0.2, 0.25) is 0 Å². The number of alkyl carbamates (subject to hydrolysis) is 1. The minimum Gasteiger partial charge on any atom is -0.480 e. The zero-order chi connectivity index (χ0) is 21.8. The number of carboxylic acids is 1. The number of carboxylic acid groups (broad SMARTS) is 1. The molecule has 0 bridgehead atoms. The van der Waals surface area contributed by atoms with E-state index in [-0.39, 0.29) is 5.78 Å². The number of ether oxygens (including phenoxy) is 1. The second kappa shape index (κ2) is 8.47. The lowest BCUT2D eigenvalue weighted by atomic mass is 9.77. The molecule has 6 nitrogen and oxygen atoms in total. The second-order valence-electron chi connectivity index (χ2n) is 8.41. The summed E-state index contributed by atoms with van der Waals surface area (Å²) < 4.78 is 5.19. The second-order valence-corrected chi connectivity index (χ2v) is 8.41. The molecule has 0 saturated heterocycles. The minimum absolute atomic E-state index is 0.114. The topological polar surface area (TPSA) is 92.7 Å². The summed E-state index contributed by atoms with van der Waals surface area (Å²) >= 11 is 0. The van der Waals surface area contributed by atoms with Gasteiger partial charge in [0.15, 0.2) is 5.78 Å².